The lowest BCUT2D eigenvalue weighted by Gasteiger charge is -2.11. The van der Waals surface area contributed by atoms with Gasteiger partial charge >= 0.3 is 0 Å². The van der Waals surface area contributed by atoms with Crippen molar-refractivity contribution in [2.45, 2.75) is 6.92 Å². The van der Waals surface area contributed by atoms with Gasteiger partial charge in [0.05, 0.1) is 18.8 Å². The van der Waals surface area contributed by atoms with Crippen molar-refractivity contribution in [1.29, 1.82) is 0 Å². The maximum Gasteiger partial charge on any atom is 0.251 e. The van der Waals surface area contributed by atoms with Crippen LogP contribution in [-0.4, -0.2) is 25.0 Å². The molecule has 0 aliphatic heterocycles. The van der Waals surface area contributed by atoms with Crippen LogP contribution < -0.4 is 15.4 Å². The highest BCUT2D eigenvalue weighted by Crippen LogP contribution is 2.23. The summed E-state index contributed by atoms with van der Waals surface area (Å²) in [6.07, 6.45) is 0. The third-order valence-electron chi connectivity index (χ3n) is 2.98. The zero-order chi connectivity index (χ0) is 16.7. The molecular formula is C17H17BrN2O3. The number of halogens is 1. The lowest BCUT2D eigenvalue weighted by Crippen LogP contribution is -2.32. The maximum absolute atomic E-state index is 12.0. The van der Waals surface area contributed by atoms with Gasteiger partial charge in [0.25, 0.3) is 5.91 Å². The monoisotopic (exact) mass is 376 g/mol. The number of para-hydroxylation sites is 2. The molecule has 0 aromatic heterocycles. The summed E-state index contributed by atoms with van der Waals surface area (Å²) >= 11 is 3.31. The predicted octanol–water partition coefficient (Wildman–Crippen LogP) is 3.22. The molecule has 0 aliphatic carbocycles. The Hall–Kier alpha value is -2.34. The molecule has 0 bridgehead atoms. The third kappa shape index (κ3) is 5.10. The topological polar surface area (TPSA) is 67.4 Å². The van der Waals surface area contributed by atoms with Gasteiger partial charge in [0.1, 0.15) is 5.75 Å². The van der Waals surface area contributed by atoms with E-state index in [0.717, 1.165) is 4.47 Å². The molecule has 2 aromatic rings. The molecule has 2 amide bonds. The van der Waals surface area contributed by atoms with Crippen molar-refractivity contribution in [2.75, 3.05) is 18.5 Å². The molecular weight excluding hydrogens is 360 g/mol. The Kier molecular flexibility index (Phi) is 6.17. The first kappa shape index (κ1) is 17.0. The van der Waals surface area contributed by atoms with Crippen LogP contribution in [0.2, 0.25) is 0 Å². The summed E-state index contributed by atoms with van der Waals surface area (Å²) in [5.41, 5.74) is 1.08. The summed E-state index contributed by atoms with van der Waals surface area (Å²) in [5, 5.41) is 5.31. The molecule has 5 nitrogen and oxygen atoms in total. The molecule has 23 heavy (non-hydrogen) atoms. The third-order valence-corrected chi connectivity index (χ3v) is 3.51. The molecule has 0 saturated heterocycles. The number of rotatable bonds is 6. The average Bonchev–Trinajstić information content (AvgIpc) is 2.55. The van der Waals surface area contributed by atoms with Crippen molar-refractivity contribution in [3.05, 3.63) is 58.6 Å². The van der Waals surface area contributed by atoms with Gasteiger partial charge in [-0.1, -0.05) is 28.1 Å². The van der Waals surface area contributed by atoms with Crippen LogP contribution in [0.25, 0.3) is 0 Å². The quantitative estimate of drug-likeness (QED) is 0.813. The van der Waals surface area contributed by atoms with Crippen LogP contribution in [-0.2, 0) is 4.79 Å². The lowest BCUT2D eigenvalue weighted by atomic mass is 10.2. The minimum absolute atomic E-state index is 0.116. The molecule has 0 fully saturated rings. The Morgan fingerprint density at radius 1 is 1.09 bits per heavy atom. The number of benzene rings is 2. The fourth-order valence-corrected chi connectivity index (χ4v) is 2.17. The van der Waals surface area contributed by atoms with Crippen molar-refractivity contribution in [3.63, 3.8) is 0 Å². The first-order chi connectivity index (χ1) is 11.1. The molecule has 0 radical (unpaired) electrons. The molecule has 2 N–H and O–H groups in total. The van der Waals surface area contributed by atoms with E-state index in [1.807, 2.05) is 13.0 Å². The van der Waals surface area contributed by atoms with Crippen molar-refractivity contribution in [2.24, 2.45) is 0 Å². The van der Waals surface area contributed by atoms with Gasteiger partial charge in [-0.2, -0.15) is 0 Å². The first-order valence-corrected chi connectivity index (χ1v) is 7.95. The number of nitrogens with one attached hydrogen (secondary N) is 2. The Morgan fingerprint density at radius 3 is 2.48 bits per heavy atom. The lowest BCUT2D eigenvalue weighted by molar-refractivity contribution is -0.115. The Bertz CT molecular complexity index is 686. The van der Waals surface area contributed by atoms with Crippen LogP contribution in [0.15, 0.2) is 53.0 Å². The van der Waals surface area contributed by atoms with Crippen LogP contribution in [0.3, 0.4) is 0 Å². The van der Waals surface area contributed by atoms with Gasteiger partial charge in [-0.25, -0.2) is 0 Å². The van der Waals surface area contributed by atoms with Gasteiger partial charge in [0.2, 0.25) is 5.91 Å². The second-order valence-corrected chi connectivity index (χ2v) is 5.58. The van der Waals surface area contributed by atoms with E-state index in [-0.39, 0.29) is 18.4 Å². The molecule has 0 heterocycles. The maximum atomic E-state index is 12.0. The van der Waals surface area contributed by atoms with Gasteiger partial charge < -0.3 is 15.4 Å². The van der Waals surface area contributed by atoms with E-state index < -0.39 is 0 Å². The molecule has 2 rings (SSSR count). The van der Waals surface area contributed by atoms with E-state index in [4.69, 9.17) is 4.74 Å². The van der Waals surface area contributed by atoms with E-state index >= 15 is 0 Å². The number of carbonyl (C=O) groups excluding carboxylic acids is 2. The number of ether oxygens (including phenoxy) is 1. The normalized spacial score (nSPS) is 10.0. The second kappa shape index (κ2) is 8.33. The zero-order valence-electron chi connectivity index (χ0n) is 12.6. The molecule has 0 aliphatic rings. The van der Waals surface area contributed by atoms with Crippen LogP contribution in [0.4, 0.5) is 5.69 Å². The molecule has 120 valence electrons. The minimum atomic E-state index is -0.317. The second-order valence-electron chi connectivity index (χ2n) is 4.67. The summed E-state index contributed by atoms with van der Waals surface area (Å²) in [7, 11) is 0. The van der Waals surface area contributed by atoms with Crippen molar-refractivity contribution in [3.8, 4) is 5.75 Å². The number of hydrogen-bond acceptors (Lipinski definition) is 3. The summed E-state index contributed by atoms with van der Waals surface area (Å²) in [4.78, 5) is 23.9. The summed E-state index contributed by atoms with van der Waals surface area (Å²) in [6.45, 7) is 2.26. The van der Waals surface area contributed by atoms with Crippen molar-refractivity contribution in [1.82, 2.24) is 5.32 Å². The van der Waals surface area contributed by atoms with E-state index in [1.54, 1.807) is 42.5 Å². The molecule has 0 spiro atoms. The molecule has 6 heteroatoms. The predicted molar refractivity (Wildman–Crippen MR) is 92.7 cm³/mol. The Morgan fingerprint density at radius 2 is 1.78 bits per heavy atom. The average molecular weight is 377 g/mol. The Labute approximate surface area is 143 Å². The highest BCUT2D eigenvalue weighted by Gasteiger charge is 2.10. The fraction of sp³-hybridized carbons (Fsp3) is 0.176. The number of hydrogen-bond donors (Lipinski definition) is 2. The standard InChI is InChI=1S/C17H17BrN2O3/c1-2-23-15-6-4-3-5-14(15)20-16(21)11-19-17(22)12-7-9-13(18)10-8-12/h3-10H,2,11H2,1H3,(H,19,22)(H,20,21). The van der Waals surface area contributed by atoms with E-state index in [0.29, 0.717) is 23.6 Å². The van der Waals surface area contributed by atoms with Crippen molar-refractivity contribution >= 4 is 33.4 Å². The van der Waals surface area contributed by atoms with Crippen LogP contribution in [0.5, 0.6) is 5.75 Å². The molecule has 0 saturated carbocycles. The minimum Gasteiger partial charge on any atom is -0.492 e. The van der Waals surface area contributed by atoms with Crippen LogP contribution >= 0.6 is 15.9 Å². The smallest absolute Gasteiger partial charge is 0.251 e. The number of amides is 2. The van der Waals surface area contributed by atoms with Gasteiger partial charge in [-0.3, -0.25) is 9.59 Å². The molecule has 0 atom stereocenters. The zero-order valence-corrected chi connectivity index (χ0v) is 14.2. The highest BCUT2D eigenvalue weighted by atomic mass is 79.9. The van der Waals surface area contributed by atoms with E-state index in [1.165, 1.54) is 0 Å². The van der Waals surface area contributed by atoms with Gasteiger partial charge in [-0.15, -0.1) is 0 Å². The molecule has 0 unspecified atom stereocenters. The summed E-state index contributed by atoms with van der Waals surface area (Å²) < 4.78 is 6.33. The van der Waals surface area contributed by atoms with Crippen molar-refractivity contribution < 1.29 is 14.3 Å². The number of anilines is 1. The SMILES string of the molecule is CCOc1ccccc1NC(=O)CNC(=O)c1ccc(Br)cc1. The fourth-order valence-electron chi connectivity index (χ4n) is 1.91. The van der Waals surface area contributed by atoms with Crippen LogP contribution in [0, 0.1) is 0 Å². The van der Waals surface area contributed by atoms with Gasteiger partial charge in [-0.05, 0) is 43.3 Å². The summed E-state index contributed by atoms with van der Waals surface area (Å²) in [5.74, 6) is -0.0176. The largest absolute Gasteiger partial charge is 0.492 e. The Balaban J connectivity index is 1.90. The van der Waals surface area contributed by atoms with E-state index in [9.17, 15) is 9.59 Å². The first-order valence-electron chi connectivity index (χ1n) is 7.15. The highest BCUT2D eigenvalue weighted by molar-refractivity contribution is 9.10. The van der Waals surface area contributed by atoms with Gasteiger partial charge in [0, 0.05) is 10.0 Å². The summed E-state index contributed by atoms with van der Waals surface area (Å²) in [6, 6.07) is 14.1. The molecule has 2 aromatic carbocycles. The van der Waals surface area contributed by atoms with Gasteiger partial charge in [0.15, 0.2) is 0 Å². The van der Waals surface area contributed by atoms with E-state index in [2.05, 4.69) is 26.6 Å². The van der Waals surface area contributed by atoms with Crippen LogP contribution in [0.1, 0.15) is 17.3 Å². The number of carbonyl (C=O) groups is 2.